The minimum absolute atomic E-state index is 0.0695. The van der Waals surface area contributed by atoms with E-state index in [0.29, 0.717) is 6.61 Å². The lowest BCUT2D eigenvalue weighted by Crippen LogP contribution is -2.37. The number of ether oxygens (including phenoxy) is 2. The summed E-state index contributed by atoms with van der Waals surface area (Å²) in [5, 5.41) is 0. The van der Waals surface area contributed by atoms with Gasteiger partial charge in [0.15, 0.2) is 0 Å². The predicted octanol–water partition coefficient (Wildman–Crippen LogP) is 1.13. The van der Waals surface area contributed by atoms with E-state index in [-0.39, 0.29) is 18.6 Å². The molecule has 1 amide bonds. The Morgan fingerprint density at radius 2 is 2.10 bits per heavy atom. The summed E-state index contributed by atoms with van der Waals surface area (Å²) < 4.78 is 11.1. The van der Waals surface area contributed by atoms with E-state index in [9.17, 15) is 4.79 Å². The van der Waals surface area contributed by atoms with Gasteiger partial charge in [0.25, 0.3) is 0 Å². The fourth-order valence-corrected chi connectivity index (χ4v) is 2.75. The lowest BCUT2D eigenvalue weighted by Gasteiger charge is -2.24. The lowest BCUT2D eigenvalue weighted by molar-refractivity contribution is -0.137. The maximum Gasteiger partial charge on any atom is 0.248 e. The molecule has 2 aliphatic heterocycles. The molecule has 5 nitrogen and oxygen atoms in total. The molecule has 116 valence electrons. The van der Waals surface area contributed by atoms with Gasteiger partial charge in [-0.2, -0.15) is 0 Å². The van der Waals surface area contributed by atoms with Crippen LogP contribution in [0.25, 0.3) is 0 Å². The second-order valence-corrected chi connectivity index (χ2v) is 5.87. The second-order valence-electron chi connectivity index (χ2n) is 5.87. The molecule has 20 heavy (non-hydrogen) atoms. The van der Waals surface area contributed by atoms with Crippen molar-refractivity contribution in [3.05, 3.63) is 0 Å². The second kappa shape index (κ2) is 8.60. The van der Waals surface area contributed by atoms with Crippen molar-refractivity contribution in [3.8, 4) is 0 Å². The minimum Gasteiger partial charge on any atom is -0.376 e. The fraction of sp³-hybridized carbons (Fsp3) is 0.933. The molecule has 0 N–H and O–H groups in total. The van der Waals surface area contributed by atoms with E-state index in [0.717, 1.165) is 32.5 Å². The van der Waals surface area contributed by atoms with Gasteiger partial charge in [-0.3, -0.25) is 4.79 Å². The third-order valence-corrected chi connectivity index (χ3v) is 4.18. The quantitative estimate of drug-likeness (QED) is 0.703. The van der Waals surface area contributed by atoms with E-state index < -0.39 is 0 Å². The van der Waals surface area contributed by atoms with E-state index in [1.807, 2.05) is 7.05 Å². The van der Waals surface area contributed by atoms with Crippen molar-refractivity contribution in [1.82, 2.24) is 9.80 Å². The molecule has 2 heterocycles. The van der Waals surface area contributed by atoms with Crippen molar-refractivity contribution in [2.45, 2.75) is 38.2 Å². The number of amides is 1. The third-order valence-electron chi connectivity index (χ3n) is 4.18. The predicted molar refractivity (Wildman–Crippen MR) is 77.7 cm³/mol. The molecule has 0 aromatic heterocycles. The van der Waals surface area contributed by atoms with E-state index in [2.05, 4.69) is 4.90 Å². The number of hydrogen-bond donors (Lipinski definition) is 0. The smallest absolute Gasteiger partial charge is 0.248 e. The maximum absolute atomic E-state index is 11.9. The largest absolute Gasteiger partial charge is 0.376 e. The molecule has 0 unspecified atom stereocenters. The first-order valence-electron chi connectivity index (χ1n) is 7.91. The molecule has 2 rings (SSSR count). The topological polar surface area (TPSA) is 42.0 Å². The van der Waals surface area contributed by atoms with Crippen LogP contribution in [0.2, 0.25) is 0 Å². The average Bonchev–Trinajstić information content (AvgIpc) is 2.99. The van der Waals surface area contributed by atoms with Gasteiger partial charge < -0.3 is 19.3 Å². The Labute approximate surface area is 122 Å². The average molecular weight is 284 g/mol. The molecule has 0 aromatic carbocycles. The van der Waals surface area contributed by atoms with Gasteiger partial charge in [0.1, 0.15) is 6.61 Å². The molecule has 0 aliphatic carbocycles. The Hall–Kier alpha value is -0.650. The number of rotatable bonds is 7. The van der Waals surface area contributed by atoms with Gasteiger partial charge in [-0.1, -0.05) is 0 Å². The first kappa shape index (κ1) is 15.7. The first-order chi connectivity index (χ1) is 9.75. The summed E-state index contributed by atoms with van der Waals surface area (Å²) in [5.74, 6) is 0.0695. The first-order valence-corrected chi connectivity index (χ1v) is 7.91. The molecule has 2 saturated heterocycles. The highest BCUT2D eigenvalue weighted by Crippen LogP contribution is 2.12. The summed E-state index contributed by atoms with van der Waals surface area (Å²) in [6, 6.07) is 0. The molecule has 0 radical (unpaired) electrons. The summed E-state index contributed by atoms with van der Waals surface area (Å²) in [6.07, 6.45) is 6.18. The Morgan fingerprint density at radius 1 is 1.30 bits per heavy atom. The molecule has 0 saturated carbocycles. The summed E-state index contributed by atoms with van der Waals surface area (Å²) in [7, 11) is 1.86. The van der Waals surface area contributed by atoms with Gasteiger partial charge >= 0.3 is 0 Å². The van der Waals surface area contributed by atoms with E-state index in [4.69, 9.17) is 9.47 Å². The Morgan fingerprint density at radius 3 is 2.80 bits per heavy atom. The van der Waals surface area contributed by atoms with Crippen LogP contribution in [-0.4, -0.2) is 74.9 Å². The Bertz CT molecular complexity index is 287. The van der Waals surface area contributed by atoms with Gasteiger partial charge in [-0.25, -0.2) is 0 Å². The van der Waals surface area contributed by atoms with Crippen molar-refractivity contribution < 1.29 is 14.3 Å². The van der Waals surface area contributed by atoms with Gasteiger partial charge in [-0.15, -0.1) is 0 Å². The summed E-state index contributed by atoms with van der Waals surface area (Å²) >= 11 is 0. The van der Waals surface area contributed by atoms with Crippen LogP contribution in [0.3, 0.4) is 0 Å². The third kappa shape index (κ3) is 5.38. The van der Waals surface area contributed by atoms with Crippen molar-refractivity contribution >= 4 is 5.91 Å². The normalized spacial score (nSPS) is 23.9. The molecule has 0 aromatic rings. The molecule has 5 heteroatoms. The van der Waals surface area contributed by atoms with Crippen molar-refractivity contribution in [2.75, 3.05) is 53.0 Å². The van der Waals surface area contributed by atoms with Crippen molar-refractivity contribution in [3.63, 3.8) is 0 Å². The van der Waals surface area contributed by atoms with Crippen LogP contribution in [0.1, 0.15) is 32.1 Å². The Kier molecular flexibility index (Phi) is 6.76. The summed E-state index contributed by atoms with van der Waals surface area (Å²) in [6.45, 7) is 5.69. The zero-order valence-corrected chi connectivity index (χ0v) is 12.7. The number of carbonyl (C=O) groups excluding carboxylic acids is 1. The molecule has 0 spiro atoms. The van der Waals surface area contributed by atoms with E-state index >= 15 is 0 Å². The molecule has 0 bridgehead atoms. The van der Waals surface area contributed by atoms with Crippen molar-refractivity contribution in [2.24, 2.45) is 0 Å². The number of likely N-dealkylation sites (tertiary alicyclic amines) is 1. The summed E-state index contributed by atoms with van der Waals surface area (Å²) in [4.78, 5) is 16.1. The van der Waals surface area contributed by atoms with Crippen molar-refractivity contribution in [1.29, 1.82) is 0 Å². The highest BCUT2D eigenvalue weighted by Gasteiger charge is 2.17. The van der Waals surface area contributed by atoms with Crippen LogP contribution in [0.4, 0.5) is 0 Å². The van der Waals surface area contributed by atoms with Gasteiger partial charge in [0.05, 0.1) is 12.7 Å². The zero-order valence-electron chi connectivity index (χ0n) is 12.7. The monoisotopic (exact) mass is 284 g/mol. The van der Waals surface area contributed by atoms with Gasteiger partial charge in [0.2, 0.25) is 5.91 Å². The highest BCUT2D eigenvalue weighted by molar-refractivity contribution is 5.77. The lowest BCUT2D eigenvalue weighted by atomic mass is 10.1. The Balaban J connectivity index is 1.53. The van der Waals surface area contributed by atoms with Crippen LogP contribution in [0, 0.1) is 0 Å². The van der Waals surface area contributed by atoms with Crippen LogP contribution in [0.5, 0.6) is 0 Å². The number of likely N-dealkylation sites (N-methyl/N-ethyl adjacent to an activating group) is 1. The molecular formula is C15H28N2O3. The molecule has 2 fully saturated rings. The van der Waals surface area contributed by atoms with Crippen LogP contribution in [0.15, 0.2) is 0 Å². The number of hydrogen-bond acceptors (Lipinski definition) is 4. The molecule has 1 atom stereocenters. The zero-order chi connectivity index (χ0) is 14.2. The molecular weight excluding hydrogens is 256 g/mol. The number of nitrogens with zero attached hydrogens (tertiary/aromatic N) is 2. The maximum atomic E-state index is 11.9. The fourth-order valence-electron chi connectivity index (χ4n) is 2.75. The van der Waals surface area contributed by atoms with Crippen LogP contribution in [-0.2, 0) is 14.3 Å². The summed E-state index contributed by atoms with van der Waals surface area (Å²) in [5.41, 5.74) is 0. The van der Waals surface area contributed by atoms with Gasteiger partial charge in [0, 0.05) is 26.7 Å². The SMILES string of the molecule is CN(CCN1CCCC1)C(=O)COC[C@H]1CCCCO1. The molecule has 2 aliphatic rings. The van der Waals surface area contributed by atoms with Crippen LogP contribution < -0.4 is 0 Å². The highest BCUT2D eigenvalue weighted by atomic mass is 16.5. The standard InChI is InChI=1S/C15H28N2O3/c1-16(9-10-17-7-3-4-8-17)15(18)13-19-12-14-6-2-5-11-20-14/h14H,2-13H2,1H3/t14-/m1/s1. The minimum atomic E-state index is 0.0695. The van der Waals surface area contributed by atoms with Crippen LogP contribution >= 0.6 is 0 Å². The van der Waals surface area contributed by atoms with Gasteiger partial charge in [-0.05, 0) is 45.2 Å². The van der Waals surface area contributed by atoms with E-state index in [1.54, 1.807) is 4.90 Å². The van der Waals surface area contributed by atoms with E-state index in [1.165, 1.54) is 32.4 Å². The number of carbonyl (C=O) groups is 1.